The molecule has 0 bridgehead atoms. The number of methoxy groups -OCH3 is 1. The highest BCUT2D eigenvalue weighted by Gasteiger charge is 2.22. The van der Waals surface area contributed by atoms with Gasteiger partial charge in [0.1, 0.15) is 0 Å². The second kappa shape index (κ2) is 9.10. The Hall–Kier alpha value is -1.25. The first-order valence-corrected chi connectivity index (χ1v) is 9.82. The number of aliphatic hydroxyl groups excluding tert-OH is 1. The molecule has 0 atom stereocenters. The Balaban J connectivity index is 1.89. The number of nitrogens with zero attached hydrogens (tertiary/aromatic N) is 3. The summed E-state index contributed by atoms with van der Waals surface area (Å²) in [5.41, 5.74) is 0.889. The SMILES string of the molecule is COCCCn1c(-c2ccccc2Cl)nn(C[NH+]2CCC(O)CC2)c1=S. The number of hydrogen-bond acceptors (Lipinski definition) is 4. The number of likely N-dealkylation sites (tertiary alicyclic amines) is 1. The molecule has 1 fully saturated rings. The van der Waals surface area contributed by atoms with Crippen LogP contribution in [-0.2, 0) is 18.0 Å². The first-order chi connectivity index (χ1) is 12.6. The maximum Gasteiger partial charge on any atom is 0.203 e. The largest absolute Gasteiger partial charge is 0.393 e. The lowest BCUT2D eigenvalue weighted by Gasteiger charge is -2.26. The van der Waals surface area contributed by atoms with E-state index < -0.39 is 0 Å². The number of halogens is 1. The molecular weight excluding hydrogens is 372 g/mol. The van der Waals surface area contributed by atoms with Gasteiger partial charge in [0, 0.05) is 38.7 Å². The van der Waals surface area contributed by atoms with E-state index in [0.29, 0.717) is 23.1 Å². The molecule has 2 heterocycles. The summed E-state index contributed by atoms with van der Waals surface area (Å²) in [6.45, 7) is 3.98. The number of rotatable bonds is 7. The van der Waals surface area contributed by atoms with Crippen LogP contribution in [0.25, 0.3) is 11.4 Å². The van der Waals surface area contributed by atoms with Gasteiger partial charge >= 0.3 is 0 Å². The maximum absolute atomic E-state index is 9.71. The predicted molar refractivity (Wildman–Crippen MR) is 104 cm³/mol. The van der Waals surface area contributed by atoms with Crippen LogP contribution in [-0.4, -0.2) is 52.4 Å². The van der Waals surface area contributed by atoms with Gasteiger partial charge in [-0.2, -0.15) is 4.68 Å². The summed E-state index contributed by atoms with van der Waals surface area (Å²) in [4.78, 5) is 1.39. The summed E-state index contributed by atoms with van der Waals surface area (Å²) in [6, 6.07) is 7.71. The molecule has 3 rings (SSSR count). The monoisotopic (exact) mass is 397 g/mol. The van der Waals surface area contributed by atoms with Gasteiger partial charge in [-0.25, -0.2) is 0 Å². The van der Waals surface area contributed by atoms with Gasteiger partial charge in [-0.3, -0.25) is 4.57 Å². The summed E-state index contributed by atoms with van der Waals surface area (Å²) >= 11 is 12.1. The minimum atomic E-state index is -0.169. The van der Waals surface area contributed by atoms with Crippen LogP contribution in [0.2, 0.25) is 5.02 Å². The van der Waals surface area contributed by atoms with E-state index in [9.17, 15) is 5.11 Å². The Morgan fingerprint density at radius 2 is 2.08 bits per heavy atom. The fraction of sp³-hybridized carbons (Fsp3) is 0.556. The number of hydrogen-bond donors (Lipinski definition) is 2. The molecular formula is C18H26ClN4O2S+. The summed E-state index contributed by atoms with van der Waals surface area (Å²) in [7, 11) is 1.70. The molecule has 1 aromatic heterocycles. The Kier molecular flexibility index (Phi) is 6.83. The zero-order valence-electron chi connectivity index (χ0n) is 15.0. The van der Waals surface area contributed by atoms with Crippen molar-refractivity contribution in [3.8, 4) is 11.4 Å². The van der Waals surface area contributed by atoms with Crippen molar-refractivity contribution in [2.24, 2.45) is 0 Å². The number of aromatic nitrogens is 3. The molecule has 1 saturated heterocycles. The van der Waals surface area contributed by atoms with E-state index in [1.807, 2.05) is 33.5 Å². The minimum absolute atomic E-state index is 0.169. The predicted octanol–water partition coefficient (Wildman–Crippen LogP) is 1.77. The van der Waals surface area contributed by atoms with Crippen LogP contribution in [0, 0.1) is 4.77 Å². The molecule has 0 amide bonds. The van der Waals surface area contributed by atoms with Crippen LogP contribution in [0.1, 0.15) is 19.3 Å². The third-order valence-corrected chi connectivity index (χ3v) is 5.56. The van der Waals surface area contributed by atoms with Crippen LogP contribution >= 0.6 is 23.8 Å². The molecule has 2 N–H and O–H groups in total. The lowest BCUT2D eigenvalue weighted by atomic mass is 10.1. The van der Waals surface area contributed by atoms with E-state index in [2.05, 4.69) is 0 Å². The second-order valence-electron chi connectivity index (χ2n) is 6.72. The molecule has 0 radical (unpaired) electrons. The number of nitrogens with one attached hydrogen (secondary N) is 1. The first-order valence-electron chi connectivity index (χ1n) is 9.03. The van der Waals surface area contributed by atoms with Crippen molar-refractivity contribution in [2.75, 3.05) is 26.8 Å². The number of quaternary nitrogens is 1. The summed E-state index contributed by atoms with van der Waals surface area (Å²) in [6.07, 6.45) is 2.34. The Labute approximate surface area is 163 Å². The molecule has 0 aliphatic carbocycles. The van der Waals surface area contributed by atoms with Gasteiger partial charge < -0.3 is 14.7 Å². The van der Waals surface area contributed by atoms with Gasteiger partial charge in [-0.1, -0.05) is 23.7 Å². The molecule has 6 nitrogen and oxygen atoms in total. The lowest BCUT2D eigenvalue weighted by Crippen LogP contribution is -3.12. The average Bonchev–Trinajstić information content (AvgIpc) is 2.94. The van der Waals surface area contributed by atoms with Crippen LogP contribution in [0.3, 0.4) is 0 Å². The summed E-state index contributed by atoms with van der Waals surface area (Å²) < 4.78 is 9.83. The minimum Gasteiger partial charge on any atom is -0.393 e. The molecule has 1 aliphatic heterocycles. The van der Waals surface area contributed by atoms with Crippen molar-refractivity contribution in [3.05, 3.63) is 34.1 Å². The van der Waals surface area contributed by atoms with Gasteiger partial charge in [0.05, 0.1) is 24.2 Å². The number of benzene rings is 1. The Morgan fingerprint density at radius 3 is 2.77 bits per heavy atom. The Bertz CT molecular complexity index is 784. The fourth-order valence-electron chi connectivity index (χ4n) is 3.34. The van der Waals surface area contributed by atoms with Gasteiger partial charge in [0.2, 0.25) is 4.77 Å². The molecule has 8 heteroatoms. The van der Waals surface area contributed by atoms with Gasteiger partial charge in [-0.05, 0) is 30.8 Å². The van der Waals surface area contributed by atoms with Crippen LogP contribution < -0.4 is 4.90 Å². The molecule has 1 aliphatic rings. The van der Waals surface area contributed by atoms with E-state index >= 15 is 0 Å². The number of piperidine rings is 1. The molecule has 1 aromatic carbocycles. The van der Waals surface area contributed by atoms with E-state index in [4.69, 9.17) is 33.7 Å². The fourth-order valence-corrected chi connectivity index (χ4v) is 3.84. The van der Waals surface area contributed by atoms with Crippen molar-refractivity contribution in [1.29, 1.82) is 0 Å². The van der Waals surface area contributed by atoms with E-state index in [1.54, 1.807) is 7.11 Å². The van der Waals surface area contributed by atoms with Crippen LogP contribution in [0.4, 0.5) is 0 Å². The smallest absolute Gasteiger partial charge is 0.203 e. The summed E-state index contributed by atoms with van der Waals surface area (Å²) in [5, 5.41) is 15.2. The van der Waals surface area contributed by atoms with Gasteiger partial charge in [-0.15, -0.1) is 5.10 Å². The standard InChI is InChI=1S/C18H25ClN4O2S/c1-25-12-4-9-22-17(15-5-2-3-6-16(15)19)20-23(18(22)26)13-21-10-7-14(24)8-11-21/h2-3,5-6,14,24H,4,7-13H2,1H3/p+1. The van der Waals surface area contributed by atoms with Crippen LogP contribution in [0.5, 0.6) is 0 Å². The second-order valence-corrected chi connectivity index (χ2v) is 7.50. The quantitative estimate of drug-likeness (QED) is 0.552. The molecule has 0 spiro atoms. The molecule has 142 valence electrons. The Morgan fingerprint density at radius 1 is 1.35 bits per heavy atom. The van der Waals surface area contributed by atoms with Crippen molar-refractivity contribution < 1.29 is 14.7 Å². The molecule has 0 saturated carbocycles. The lowest BCUT2D eigenvalue weighted by molar-refractivity contribution is -0.929. The van der Waals surface area contributed by atoms with Gasteiger partial charge in [0.15, 0.2) is 12.5 Å². The third kappa shape index (κ3) is 4.53. The maximum atomic E-state index is 9.71. The molecule has 26 heavy (non-hydrogen) atoms. The van der Waals surface area contributed by atoms with Crippen molar-refractivity contribution in [2.45, 2.75) is 38.6 Å². The van der Waals surface area contributed by atoms with E-state index in [0.717, 1.165) is 50.3 Å². The van der Waals surface area contributed by atoms with E-state index in [-0.39, 0.29) is 6.10 Å². The van der Waals surface area contributed by atoms with E-state index in [1.165, 1.54) is 4.90 Å². The average molecular weight is 398 g/mol. The molecule has 2 aromatic rings. The first kappa shape index (κ1) is 19.5. The van der Waals surface area contributed by atoms with Crippen molar-refractivity contribution >= 4 is 23.8 Å². The summed E-state index contributed by atoms with van der Waals surface area (Å²) in [5.74, 6) is 0.799. The van der Waals surface area contributed by atoms with Gasteiger partial charge in [0.25, 0.3) is 0 Å². The number of aliphatic hydroxyl groups is 1. The highest BCUT2D eigenvalue weighted by Crippen LogP contribution is 2.26. The van der Waals surface area contributed by atoms with Crippen molar-refractivity contribution in [1.82, 2.24) is 14.3 Å². The molecule has 0 unspecified atom stereocenters. The van der Waals surface area contributed by atoms with Crippen molar-refractivity contribution in [3.63, 3.8) is 0 Å². The normalized spacial score (nSPS) is 20.4. The highest BCUT2D eigenvalue weighted by molar-refractivity contribution is 7.71. The zero-order valence-corrected chi connectivity index (χ0v) is 16.6. The van der Waals surface area contributed by atoms with Crippen LogP contribution in [0.15, 0.2) is 24.3 Å². The highest BCUT2D eigenvalue weighted by atomic mass is 35.5. The third-order valence-electron chi connectivity index (χ3n) is 4.80. The zero-order chi connectivity index (χ0) is 18.5. The number of ether oxygens (including phenoxy) is 1. The topological polar surface area (TPSA) is 56.7 Å².